The van der Waals surface area contributed by atoms with E-state index < -0.39 is 0 Å². The first-order valence-electron chi connectivity index (χ1n) is 4.19. The first-order chi connectivity index (χ1) is 6.13. The molecule has 0 saturated carbocycles. The molecule has 0 aliphatic carbocycles. The Morgan fingerprint density at radius 3 is 2.77 bits per heavy atom. The van der Waals surface area contributed by atoms with Crippen molar-refractivity contribution in [1.82, 2.24) is 5.32 Å². The summed E-state index contributed by atoms with van der Waals surface area (Å²) in [7, 11) is 1.69. The van der Waals surface area contributed by atoms with E-state index in [2.05, 4.69) is 41.2 Å². The lowest BCUT2D eigenvalue weighted by Gasteiger charge is -2.04. The van der Waals surface area contributed by atoms with Crippen molar-refractivity contribution in [2.75, 3.05) is 7.11 Å². The zero-order valence-corrected chi connectivity index (χ0v) is 10.5. The molecule has 0 amide bonds. The van der Waals surface area contributed by atoms with Crippen LogP contribution in [-0.2, 0) is 6.54 Å². The van der Waals surface area contributed by atoms with Gasteiger partial charge in [-0.15, -0.1) is 11.3 Å². The Morgan fingerprint density at radius 1 is 1.62 bits per heavy atom. The van der Waals surface area contributed by atoms with Gasteiger partial charge in [-0.2, -0.15) is 0 Å². The van der Waals surface area contributed by atoms with Gasteiger partial charge in [-0.05, 0) is 22.0 Å². The molecule has 13 heavy (non-hydrogen) atoms. The second-order valence-corrected chi connectivity index (χ2v) is 5.04. The third-order valence-corrected chi connectivity index (χ3v) is 3.52. The molecule has 1 heterocycles. The molecule has 4 heteroatoms. The summed E-state index contributed by atoms with van der Waals surface area (Å²) in [5.74, 6) is 0. The summed E-state index contributed by atoms with van der Waals surface area (Å²) < 4.78 is 6.22. The zero-order valence-electron chi connectivity index (χ0n) is 8.06. The predicted molar refractivity (Wildman–Crippen MR) is 60.5 cm³/mol. The molecular formula is C9H14BrNOS. The van der Waals surface area contributed by atoms with Gasteiger partial charge < -0.3 is 10.1 Å². The molecule has 2 nitrogen and oxygen atoms in total. The van der Waals surface area contributed by atoms with Gasteiger partial charge in [0.05, 0.1) is 11.6 Å². The van der Waals surface area contributed by atoms with Gasteiger partial charge in [0.1, 0.15) is 0 Å². The van der Waals surface area contributed by atoms with E-state index in [0.717, 1.165) is 16.1 Å². The van der Waals surface area contributed by atoms with Crippen LogP contribution in [-0.4, -0.2) is 13.2 Å². The van der Waals surface area contributed by atoms with Gasteiger partial charge in [0.25, 0.3) is 0 Å². The van der Waals surface area contributed by atoms with Gasteiger partial charge in [0.15, 0.2) is 5.06 Å². The highest BCUT2D eigenvalue weighted by atomic mass is 79.9. The van der Waals surface area contributed by atoms with Crippen LogP contribution in [0.4, 0.5) is 0 Å². The molecule has 0 spiro atoms. The molecule has 1 N–H and O–H groups in total. The SMILES string of the molecule is COc1sc(CNC(C)C)cc1Br. The van der Waals surface area contributed by atoms with Gasteiger partial charge in [-0.25, -0.2) is 0 Å². The molecule has 1 aromatic rings. The molecule has 0 radical (unpaired) electrons. The largest absolute Gasteiger partial charge is 0.486 e. The van der Waals surface area contributed by atoms with Gasteiger partial charge in [0, 0.05) is 17.5 Å². The van der Waals surface area contributed by atoms with Crippen LogP contribution in [0.25, 0.3) is 0 Å². The molecule has 74 valence electrons. The number of thiophene rings is 1. The average Bonchev–Trinajstić information content (AvgIpc) is 2.43. The zero-order chi connectivity index (χ0) is 9.84. The van der Waals surface area contributed by atoms with E-state index in [9.17, 15) is 0 Å². The van der Waals surface area contributed by atoms with Crippen LogP contribution in [0.1, 0.15) is 18.7 Å². The maximum Gasteiger partial charge on any atom is 0.188 e. The lowest BCUT2D eigenvalue weighted by Crippen LogP contribution is -2.21. The van der Waals surface area contributed by atoms with Crippen molar-refractivity contribution >= 4 is 27.3 Å². The summed E-state index contributed by atoms with van der Waals surface area (Å²) in [5.41, 5.74) is 0. The van der Waals surface area contributed by atoms with E-state index >= 15 is 0 Å². The Balaban J connectivity index is 2.57. The number of hydrogen-bond acceptors (Lipinski definition) is 3. The van der Waals surface area contributed by atoms with Crippen molar-refractivity contribution in [3.63, 3.8) is 0 Å². The van der Waals surface area contributed by atoms with Crippen molar-refractivity contribution < 1.29 is 4.74 Å². The van der Waals surface area contributed by atoms with E-state index in [4.69, 9.17) is 4.74 Å². The molecule has 0 aliphatic rings. The number of rotatable bonds is 4. The summed E-state index contributed by atoms with van der Waals surface area (Å²) in [6.07, 6.45) is 0. The van der Waals surface area contributed by atoms with E-state index in [1.165, 1.54) is 4.88 Å². The minimum Gasteiger partial charge on any atom is -0.486 e. The molecule has 0 aliphatic heterocycles. The second kappa shape index (κ2) is 4.98. The lowest BCUT2D eigenvalue weighted by atomic mass is 10.4. The Morgan fingerprint density at radius 2 is 2.31 bits per heavy atom. The molecule has 1 rings (SSSR count). The molecule has 0 fully saturated rings. The van der Waals surface area contributed by atoms with Gasteiger partial charge >= 0.3 is 0 Å². The van der Waals surface area contributed by atoms with Crippen molar-refractivity contribution in [1.29, 1.82) is 0 Å². The van der Waals surface area contributed by atoms with Crippen molar-refractivity contribution in [3.8, 4) is 5.06 Å². The van der Waals surface area contributed by atoms with Crippen molar-refractivity contribution in [3.05, 3.63) is 15.4 Å². The fraction of sp³-hybridized carbons (Fsp3) is 0.556. The van der Waals surface area contributed by atoms with Gasteiger partial charge in [0.2, 0.25) is 0 Å². The van der Waals surface area contributed by atoms with Crippen LogP contribution in [0.2, 0.25) is 0 Å². The summed E-state index contributed by atoms with van der Waals surface area (Å²) in [5, 5.41) is 4.31. The third-order valence-electron chi connectivity index (χ3n) is 1.58. The first kappa shape index (κ1) is 11.0. The number of halogens is 1. The maximum absolute atomic E-state index is 5.18. The average molecular weight is 264 g/mol. The van der Waals surface area contributed by atoms with Crippen LogP contribution in [0.3, 0.4) is 0 Å². The number of ether oxygens (including phenoxy) is 1. The van der Waals surface area contributed by atoms with Crippen molar-refractivity contribution in [2.45, 2.75) is 26.4 Å². The monoisotopic (exact) mass is 263 g/mol. The standard InChI is InChI=1S/C9H14BrNOS/c1-6(2)11-5-7-4-8(10)9(12-3)13-7/h4,6,11H,5H2,1-3H3. The van der Waals surface area contributed by atoms with Crippen LogP contribution in [0.5, 0.6) is 5.06 Å². The molecule has 0 atom stereocenters. The Bertz CT molecular complexity index is 273. The van der Waals surface area contributed by atoms with Crippen LogP contribution in [0.15, 0.2) is 10.5 Å². The molecule has 0 aromatic carbocycles. The second-order valence-electron chi connectivity index (χ2n) is 3.09. The van der Waals surface area contributed by atoms with E-state index in [-0.39, 0.29) is 0 Å². The molecule has 0 unspecified atom stereocenters. The quantitative estimate of drug-likeness (QED) is 0.902. The molecule has 1 aromatic heterocycles. The topological polar surface area (TPSA) is 21.3 Å². The van der Waals surface area contributed by atoms with Gasteiger partial charge in [-0.1, -0.05) is 13.8 Å². The fourth-order valence-electron chi connectivity index (χ4n) is 0.929. The summed E-state index contributed by atoms with van der Waals surface area (Å²) in [6.45, 7) is 5.18. The van der Waals surface area contributed by atoms with Crippen LogP contribution < -0.4 is 10.1 Å². The lowest BCUT2D eigenvalue weighted by molar-refractivity contribution is 0.425. The van der Waals surface area contributed by atoms with E-state index in [0.29, 0.717) is 6.04 Å². The summed E-state index contributed by atoms with van der Waals surface area (Å²) >= 11 is 5.11. The highest BCUT2D eigenvalue weighted by molar-refractivity contribution is 9.10. The minimum atomic E-state index is 0.520. The first-order valence-corrected chi connectivity index (χ1v) is 5.80. The smallest absolute Gasteiger partial charge is 0.188 e. The van der Waals surface area contributed by atoms with E-state index in [1.807, 2.05) is 0 Å². The van der Waals surface area contributed by atoms with Crippen LogP contribution >= 0.6 is 27.3 Å². The Hall–Kier alpha value is -0.0600. The number of hydrogen-bond donors (Lipinski definition) is 1. The normalized spacial score (nSPS) is 10.8. The Labute approximate surface area is 91.4 Å². The predicted octanol–water partition coefficient (Wildman–Crippen LogP) is 3.02. The summed E-state index contributed by atoms with van der Waals surface area (Å²) in [4.78, 5) is 1.29. The highest BCUT2D eigenvalue weighted by Crippen LogP contribution is 2.34. The maximum atomic E-state index is 5.18. The molecule has 0 saturated heterocycles. The third kappa shape index (κ3) is 3.29. The van der Waals surface area contributed by atoms with Gasteiger partial charge in [-0.3, -0.25) is 0 Å². The number of methoxy groups -OCH3 is 1. The van der Waals surface area contributed by atoms with E-state index in [1.54, 1.807) is 18.4 Å². The molecule has 0 bridgehead atoms. The summed E-state index contributed by atoms with van der Waals surface area (Å²) in [6, 6.07) is 2.62. The highest BCUT2D eigenvalue weighted by Gasteiger charge is 2.06. The fourth-order valence-corrected chi connectivity index (χ4v) is 2.57. The van der Waals surface area contributed by atoms with Crippen LogP contribution in [0, 0.1) is 0 Å². The molecular weight excluding hydrogens is 250 g/mol. The number of nitrogens with one attached hydrogen (secondary N) is 1. The minimum absolute atomic E-state index is 0.520. The van der Waals surface area contributed by atoms with Crippen molar-refractivity contribution in [2.24, 2.45) is 0 Å². The Kier molecular flexibility index (Phi) is 4.22.